The fraction of sp³-hybridized carbons (Fsp3) is 0. The van der Waals surface area contributed by atoms with Gasteiger partial charge in [-0.2, -0.15) is 13.8 Å². The van der Waals surface area contributed by atoms with Gasteiger partial charge in [0.2, 0.25) is 0 Å². The molecule has 3 rings (SSSR count). The molecular weight excluding hydrogens is 274 g/mol. The SMILES string of the molecule is O=C(Nc1c(Cl)ccc2nsnc12)c1cn[nH]c1. The summed E-state index contributed by atoms with van der Waals surface area (Å²) in [4.78, 5) is 11.9. The molecule has 8 heteroatoms. The lowest BCUT2D eigenvalue weighted by molar-refractivity contribution is 0.102. The van der Waals surface area contributed by atoms with E-state index in [1.54, 1.807) is 12.1 Å². The molecule has 0 atom stereocenters. The highest BCUT2D eigenvalue weighted by molar-refractivity contribution is 7.00. The second-order valence-corrected chi connectivity index (χ2v) is 4.43. The zero-order valence-corrected chi connectivity index (χ0v) is 10.4. The maximum atomic E-state index is 11.9. The first kappa shape index (κ1) is 11.1. The fourth-order valence-electron chi connectivity index (χ4n) is 1.51. The van der Waals surface area contributed by atoms with E-state index in [0.29, 0.717) is 27.3 Å². The third kappa shape index (κ3) is 1.83. The number of aromatic amines is 1. The van der Waals surface area contributed by atoms with Crippen LogP contribution >= 0.6 is 23.3 Å². The number of rotatable bonds is 2. The van der Waals surface area contributed by atoms with Crippen molar-refractivity contribution in [1.29, 1.82) is 0 Å². The summed E-state index contributed by atoms with van der Waals surface area (Å²) >= 11 is 7.14. The normalized spacial score (nSPS) is 10.7. The Morgan fingerprint density at radius 1 is 1.39 bits per heavy atom. The first-order chi connectivity index (χ1) is 8.75. The van der Waals surface area contributed by atoms with Crippen LogP contribution in [0.1, 0.15) is 10.4 Å². The minimum Gasteiger partial charge on any atom is -0.319 e. The van der Waals surface area contributed by atoms with Crippen molar-refractivity contribution in [3.8, 4) is 0 Å². The Hall–Kier alpha value is -1.99. The largest absolute Gasteiger partial charge is 0.319 e. The highest BCUT2D eigenvalue weighted by Crippen LogP contribution is 2.30. The van der Waals surface area contributed by atoms with Crippen LogP contribution in [0, 0.1) is 0 Å². The molecule has 3 aromatic rings. The Kier molecular flexibility index (Phi) is 2.69. The summed E-state index contributed by atoms with van der Waals surface area (Å²) in [7, 11) is 0. The molecule has 0 bridgehead atoms. The van der Waals surface area contributed by atoms with Gasteiger partial charge in [0.15, 0.2) is 0 Å². The van der Waals surface area contributed by atoms with E-state index < -0.39 is 0 Å². The predicted molar refractivity (Wildman–Crippen MR) is 69.0 cm³/mol. The van der Waals surface area contributed by atoms with Crippen LogP contribution < -0.4 is 5.32 Å². The predicted octanol–water partition coefficient (Wildman–Crippen LogP) is 2.32. The second-order valence-electron chi connectivity index (χ2n) is 3.50. The van der Waals surface area contributed by atoms with Crippen LogP contribution in [0.2, 0.25) is 5.02 Å². The van der Waals surface area contributed by atoms with Gasteiger partial charge < -0.3 is 5.32 Å². The molecular formula is C10H6ClN5OS. The summed E-state index contributed by atoms with van der Waals surface area (Å²) in [6.45, 7) is 0. The zero-order chi connectivity index (χ0) is 12.5. The summed E-state index contributed by atoms with van der Waals surface area (Å²) < 4.78 is 8.21. The number of hydrogen-bond acceptors (Lipinski definition) is 5. The molecule has 2 N–H and O–H groups in total. The summed E-state index contributed by atoms with van der Waals surface area (Å²) in [5, 5.41) is 9.43. The highest BCUT2D eigenvalue weighted by atomic mass is 35.5. The van der Waals surface area contributed by atoms with Crippen molar-refractivity contribution in [2.45, 2.75) is 0 Å². The maximum absolute atomic E-state index is 11.9. The second kappa shape index (κ2) is 4.35. The molecule has 0 radical (unpaired) electrons. The van der Waals surface area contributed by atoms with Gasteiger partial charge in [0.05, 0.1) is 34.2 Å². The molecule has 90 valence electrons. The molecule has 0 fully saturated rings. The molecule has 0 aliphatic rings. The Morgan fingerprint density at radius 3 is 3.06 bits per heavy atom. The molecule has 0 spiro atoms. The number of anilines is 1. The van der Waals surface area contributed by atoms with Gasteiger partial charge in [0, 0.05) is 6.20 Å². The van der Waals surface area contributed by atoms with E-state index in [4.69, 9.17) is 11.6 Å². The molecule has 0 unspecified atom stereocenters. The Morgan fingerprint density at radius 2 is 2.28 bits per heavy atom. The molecule has 0 saturated carbocycles. The molecule has 2 heterocycles. The molecule has 18 heavy (non-hydrogen) atoms. The van der Waals surface area contributed by atoms with Gasteiger partial charge in [-0.15, -0.1) is 0 Å². The summed E-state index contributed by atoms with van der Waals surface area (Å²) in [6.07, 6.45) is 2.94. The number of carbonyl (C=O) groups excluding carboxylic acids is 1. The molecule has 1 amide bonds. The monoisotopic (exact) mass is 279 g/mol. The van der Waals surface area contributed by atoms with Crippen molar-refractivity contribution in [2.24, 2.45) is 0 Å². The van der Waals surface area contributed by atoms with E-state index >= 15 is 0 Å². The number of nitrogens with one attached hydrogen (secondary N) is 2. The lowest BCUT2D eigenvalue weighted by Crippen LogP contribution is -2.11. The minimum absolute atomic E-state index is 0.300. The van der Waals surface area contributed by atoms with E-state index in [2.05, 4.69) is 24.3 Å². The average Bonchev–Trinajstić information content (AvgIpc) is 3.02. The van der Waals surface area contributed by atoms with Crippen molar-refractivity contribution < 1.29 is 4.79 Å². The number of halogens is 1. The van der Waals surface area contributed by atoms with Crippen LogP contribution in [0.25, 0.3) is 11.0 Å². The molecule has 0 saturated heterocycles. The van der Waals surface area contributed by atoms with E-state index in [1.165, 1.54) is 12.4 Å². The van der Waals surface area contributed by atoms with Crippen LogP contribution in [0.4, 0.5) is 5.69 Å². The van der Waals surface area contributed by atoms with Gasteiger partial charge in [-0.1, -0.05) is 11.6 Å². The lowest BCUT2D eigenvalue weighted by atomic mass is 10.2. The van der Waals surface area contributed by atoms with E-state index in [9.17, 15) is 4.79 Å². The minimum atomic E-state index is -0.300. The van der Waals surface area contributed by atoms with Gasteiger partial charge >= 0.3 is 0 Å². The number of amides is 1. The van der Waals surface area contributed by atoms with Crippen molar-refractivity contribution in [3.05, 3.63) is 35.1 Å². The number of hydrogen-bond donors (Lipinski definition) is 2. The molecule has 0 aliphatic carbocycles. The van der Waals surface area contributed by atoms with Crippen molar-refractivity contribution in [3.63, 3.8) is 0 Å². The number of fused-ring (bicyclic) bond motifs is 1. The molecule has 0 aliphatic heterocycles. The van der Waals surface area contributed by atoms with Gasteiger partial charge in [-0.05, 0) is 12.1 Å². The van der Waals surface area contributed by atoms with Crippen LogP contribution in [-0.2, 0) is 0 Å². The first-order valence-electron chi connectivity index (χ1n) is 4.96. The quantitative estimate of drug-likeness (QED) is 0.754. The van der Waals surface area contributed by atoms with Crippen molar-refractivity contribution in [2.75, 3.05) is 5.32 Å². The summed E-state index contributed by atoms with van der Waals surface area (Å²) in [6, 6.07) is 3.44. The van der Waals surface area contributed by atoms with Crippen LogP contribution in [0.5, 0.6) is 0 Å². The third-order valence-corrected chi connectivity index (χ3v) is 3.23. The number of benzene rings is 1. The zero-order valence-electron chi connectivity index (χ0n) is 8.85. The van der Waals surface area contributed by atoms with Crippen LogP contribution in [0.15, 0.2) is 24.5 Å². The van der Waals surface area contributed by atoms with Crippen LogP contribution in [-0.4, -0.2) is 24.9 Å². The average molecular weight is 280 g/mol. The van der Waals surface area contributed by atoms with E-state index in [0.717, 1.165) is 11.7 Å². The number of carbonyl (C=O) groups is 1. The smallest absolute Gasteiger partial charge is 0.258 e. The summed E-state index contributed by atoms with van der Waals surface area (Å²) in [5.41, 5.74) is 2.18. The maximum Gasteiger partial charge on any atom is 0.258 e. The first-order valence-corrected chi connectivity index (χ1v) is 6.07. The standard InChI is InChI=1S/C10H6ClN5OS/c11-6-1-2-7-9(16-18-15-7)8(6)14-10(17)5-3-12-13-4-5/h1-4H,(H,12,13)(H,14,17). The Balaban J connectivity index is 2.02. The van der Waals surface area contributed by atoms with Crippen LogP contribution in [0.3, 0.4) is 0 Å². The van der Waals surface area contributed by atoms with Crippen molar-refractivity contribution >= 4 is 46.0 Å². The number of H-pyrrole nitrogens is 1. The Bertz CT molecular complexity index is 708. The molecule has 2 aromatic heterocycles. The van der Waals surface area contributed by atoms with Gasteiger partial charge in [-0.25, -0.2) is 0 Å². The third-order valence-electron chi connectivity index (χ3n) is 2.38. The van der Waals surface area contributed by atoms with Crippen molar-refractivity contribution in [1.82, 2.24) is 18.9 Å². The van der Waals surface area contributed by atoms with Gasteiger partial charge in [-0.3, -0.25) is 9.89 Å². The number of aromatic nitrogens is 4. The topological polar surface area (TPSA) is 83.6 Å². The fourth-order valence-corrected chi connectivity index (χ4v) is 2.25. The molecule has 6 nitrogen and oxygen atoms in total. The number of nitrogens with zero attached hydrogens (tertiary/aromatic N) is 3. The molecule has 1 aromatic carbocycles. The van der Waals surface area contributed by atoms with E-state index in [-0.39, 0.29) is 5.91 Å². The highest BCUT2D eigenvalue weighted by Gasteiger charge is 2.14. The van der Waals surface area contributed by atoms with Gasteiger partial charge in [0.1, 0.15) is 11.0 Å². The van der Waals surface area contributed by atoms with E-state index in [1.807, 2.05) is 0 Å². The lowest BCUT2D eigenvalue weighted by Gasteiger charge is -2.05. The van der Waals surface area contributed by atoms with Gasteiger partial charge in [0.25, 0.3) is 5.91 Å². The Labute approximate surface area is 110 Å². The summed E-state index contributed by atoms with van der Waals surface area (Å²) in [5.74, 6) is -0.300.